The molecule has 1 heterocycles. The third-order valence-electron chi connectivity index (χ3n) is 3.41. The summed E-state index contributed by atoms with van der Waals surface area (Å²) in [4.78, 5) is 28.2. The van der Waals surface area contributed by atoms with Crippen molar-refractivity contribution in [3.05, 3.63) is 65.7 Å². The second kappa shape index (κ2) is 7.76. The van der Waals surface area contributed by atoms with Crippen LogP contribution < -0.4 is 5.32 Å². The number of aromatic amines is 1. The highest BCUT2D eigenvalue weighted by Crippen LogP contribution is 2.19. The number of hydrogen-bond acceptors (Lipinski definition) is 5. The van der Waals surface area contributed by atoms with E-state index in [2.05, 4.69) is 20.5 Å². The van der Waals surface area contributed by atoms with Crippen LogP contribution >= 0.6 is 11.8 Å². The van der Waals surface area contributed by atoms with Gasteiger partial charge < -0.3 is 0 Å². The van der Waals surface area contributed by atoms with Gasteiger partial charge in [-0.3, -0.25) is 20.0 Å². The highest BCUT2D eigenvalue weighted by Gasteiger charge is 2.12. The molecule has 0 unspecified atom stereocenters. The first-order chi connectivity index (χ1) is 12.1. The summed E-state index contributed by atoms with van der Waals surface area (Å²) in [5, 5.41) is 9.74. The Hall–Kier alpha value is -2.93. The maximum Gasteiger partial charge on any atom is 0.257 e. The lowest BCUT2D eigenvalue weighted by Gasteiger charge is -2.02. The molecule has 0 saturated carbocycles. The Morgan fingerprint density at radius 2 is 1.80 bits per heavy atom. The number of carbonyl (C=O) groups excluding carboxylic acids is 2. The smallest absolute Gasteiger partial charge is 0.257 e. The van der Waals surface area contributed by atoms with Gasteiger partial charge in [0.1, 0.15) is 0 Å². The van der Waals surface area contributed by atoms with E-state index in [0.29, 0.717) is 16.5 Å². The van der Waals surface area contributed by atoms with Crippen LogP contribution in [0, 0.1) is 6.92 Å². The quantitative estimate of drug-likeness (QED) is 0.690. The first kappa shape index (κ1) is 16.9. The molecule has 0 atom stereocenters. The van der Waals surface area contributed by atoms with Gasteiger partial charge in [0.2, 0.25) is 11.1 Å². The Kier molecular flexibility index (Phi) is 5.25. The fourth-order valence-corrected chi connectivity index (χ4v) is 2.70. The molecule has 0 saturated heterocycles. The van der Waals surface area contributed by atoms with Crippen molar-refractivity contribution in [3.63, 3.8) is 0 Å². The summed E-state index contributed by atoms with van der Waals surface area (Å²) < 4.78 is 0. The van der Waals surface area contributed by atoms with E-state index in [9.17, 15) is 9.59 Å². The van der Waals surface area contributed by atoms with Crippen molar-refractivity contribution < 1.29 is 9.59 Å². The van der Waals surface area contributed by atoms with E-state index in [1.165, 1.54) is 11.8 Å². The Morgan fingerprint density at radius 1 is 1.08 bits per heavy atom. The molecule has 6 nitrogen and oxygen atoms in total. The van der Waals surface area contributed by atoms with Crippen LogP contribution in [0.3, 0.4) is 0 Å². The minimum absolute atomic E-state index is 0.0593. The average Bonchev–Trinajstić information content (AvgIpc) is 3.10. The molecule has 126 valence electrons. The van der Waals surface area contributed by atoms with Crippen LogP contribution in [0.5, 0.6) is 0 Å². The van der Waals surface area contributed by atoms with Gasteiger partial charge in [0.15, 0.2) is 5.82 Å². The number of benzene rings is 2. The Morgan fingerprint density at radius 3 is 2.52 bits per heavy atom. The minimum atomic E-state index is -0.415. The van der Waals surface area contributed by atoms with Crippen LogP contribution in [-0.4, -0.2) is 32.7 Å². The summed E-state index contributed by atoms with van der Waals surface area (Å²) in [6.07, 6.45) is 0. The highest BCUT2D eigenvalue weighted by atomic mass is 32.2. The minimum Gasteiger partial charge on any atom is -0.292 e. The monoisotopic (exact) mass is 352 g/mol. The molecule has 2 N–H and O–H groups in total. The Labute approximate surface area is 149 Å². The highest BCUT2D eigenvalue weighted by molar-refractivity contribution is 7.99. The van der Waals surface area contributed by atoms with Gasteiger partial charge in [-0.15, -0.1) is 5.10 Å². The molecular formula is C18H16N4O2S. The molecule has 3 aromatic rings. The van der Waals surface area contributed by atoms with E-state index in [1.54, 1.807) is 24.3 Å². The first-order valence-electron chi connectivity index (χ1n) is 7.63. The standard InChI is InChI=1S/C18H16N4O2S/c1-12-7-9-13(10-8-12)16-20-18(22-21-16)25-11-15(23)19-17(24)14-5-3-2-4-6-14/h2-10H,11H2,1H3,(H,19,23,24)(H,20,21,22). The van der Waals surface area contributed by atoms with Gasteiger partial charge in [-0.2, -0.15) is 0 Å². The van der Waals surface area contributed by atoms with Crippen LogP contribution in [0.2, 0.25) is 0 Å². The van der Waals surface area contributed by atoms with Crippen molar-refractivity contribution >= 4 is 23.6 Å². The van der Waals surface area contributed by atoms with Gasteiger partial charge in [0.05, 0.1) is 5.75 Å². The summed E-state index contributed by atoms with van der Waals surface area (Å²) >= 11 is 1.17. The summed E-state index contributed by atoms with van der Waals surface area (Å²) in [7, 11) is 0. The molecule has 0 aliphatic rings. The zero-order valence-electron chi connectivity index (χ0n) is 13.5. The average molecular weight is 352 g/mol. The summed E-state index contributed by atoms with van der Waals surface area (Å²) in [6, 6.07) is 16.5. The van der Waals surface area contributed by atoms with Crippen LogP contribution in [0.15, 0.2) is 59.8 Å². The molecule has 1 aromatic heterocycles. The third kappa shape index (κ3) is 4.54. The fourth-order valence-electron chi connectivity index (χ4n) is 2.11. The summed E-state index contributed by atoms with van der Waals surface area (Å²) in [5.74, 6) is -0.102. The predicted octanol–water partition coefficient (Wildman–Crippen LogP) is 2.83. The zero-order chi connectivity index (χ0) is 17.6. The number of thioether (sulfide) groups is 1. The molecule has 2 aromatic carbocycles. The van der Waals surface area contributed by atoms with Gasteiger partial charge in [-0.1, -0.05) is 59.8 Å². The van der Waals surface area contributed by atoms with Crippen LogP contribution in [0.25, 0.3) is 11.4 Å². The maximum absolute atomic E-state index is 11.9. The van der Waals surface area contributed by atoms with Crippen molar-refractivity contribution in [3.8, 4) is 11.4 Å². The number of aromatic nitrogens is 3. The van der Waals surface area contributed by atoms with Gasteiger partial charge in [-0.25, -0.2) is 4.98 Å². The molecule has 0 bridgehead atoms. The Balaban J connectivity index is 1.54. The van der Waals surface area contributed by atoms with E-state index in [-0.39, 0.29) is 11.7 Å². The van der Waals surface area contributed by atoms with Gasteiger partial charge in [0, 0.05) is 11.1 Å². The van der Waals surface area contributed by atoms with E-state index in [4.69, 9.17) is 0 Å². The van der Waals surface area contributed by atoms with Gasteiger partial charge >= 0.3 is 0 Å². The van der Waals surface area contributed by atoms with Crippen molar-refractivity contribution in [2.45, 2.75) is 12.1 Å². The van der Waals surface area contributed by atoms with Gasteiger partial charge in [0.25, 0.3) is 5.91 Å². The molecule has 7 heteroatoms. The third-order valence-corrected chi connectivity index (χ3v) is 4.26. The van der Waals surface area contributed by atoms with Crippen LogP contribution in [0.4, 0.5) is 0 Å². The number of H-pyrrole nitrogens is 1. The zero-order valence-corrected chi connectivity index (χ0v) is 14.3. The normalized spacial score (nSPS) is 10.4. The molecule has 0 fully saturated rings. The number of nitrogens with one attached hydrogen (secondary N) is 2. The number of amides is 2. The lowest BCUT2D eigenvalue weighted by Crippen LogP contribution is -2.31. The van der Waals surface area contributed by atoms with Crippen LogP contribution in [-0.2, 0) is 4.79 Å². The van der Waals surface area contributed by atoms with E-state index < -0.39 is 5.91 Å². The number of carbonyl (C=O) groups is 2. The largest absolute Gasteiger partial charge is 0.292 e. The summed E-state index contributed by atoms with van der Waals surface area (Å²) in [6.45, 7) is 2.01. The topological polar surface area (TPSA) is 87.7 Å². The number of hydrogen-bond donors (Lipinski definition) is 2. The van der Waals surface area contributed by atoms with E-state index in [1.807, 2.05) is 37.3 Å². The second-order valence-corrected chi connectivity index (χ2v) is 6.31. The molecule has 25 heavy (non-hydrogen) atoms. The van der Waals surface area contributed by atoms with Gasteiger partial charge in [-0.05, 0) is 19.1 Å². The summed E-state index contributed by atoms with van der Waals surface area (Å²) in [5.41, 5.74) is 2.53. The molecule has 0 aliphatic heterocycles. The van der Waals surface area contributed by atoms with E-state index >= 15 is 0 Å². The molecule has 2 amide bonds. The molecule has 0 radical (unpaired) electrons. The number of rotatable bonds is 5. The van der Waals surface area contributed by atoms with Crippen LogP contribution in [0.1, 0.15) is 15.9 Å². The van der Waals surface area contributed by atoms with Crippen molar-refractivity contribution in [1.29, 1.82) is 0 Å². The maximum atomic E-state index is 11.9. The lowest BCUT2D eigenvalue weighted by atomic mass is 10.1. The number of nitrogens with zero attached hydrogens (tertiary/aromatic N) is 2. The van der Waals surface area contributed by atoms with E-state index in [0.717, 1.165) is 11.1 Å². The molecule has 0 aliphatic carbocycles. The van der Waals surface area contributed by atoms with Crippen molar-refractivity contribution in [1.82, 2.24) is 20.5 Å². The SMILES string of the molecule is Cc1ccc(-c2nc(SCC(=O)NC(=O)c3ccccc3)n[nH]2)cc1. The lowest BCUT2D eigenvalue weighted by molar-refractivity contribution is -0.117. The number of aryl methyl sites for hydroxylation is 1. The fraction of sp³-hybridized carbons (Fsp3) is 0.111. The number of imide groups is 1. The predicted molar refractivity (Wildman–Crippen MR) is 96.2 cm³/mol. The molecule has 0 spiro atoms. The first-order valence-corrected chi connectivity index (χ1v) is 8.62. The van der Waals surface area contributed by atoms with Crippen molar-refractivity contribution in [2.24, 2.45) is 0 Å². The second-order valence-electron chi connectivity index (χ2n) is 5.36. The Bertz CT molecular complexity index is 876. The van der Waals surface area contributed by atoms with Crippen molar-refractivity contribution in [2.75, 3.05) is 5.75 Å². The molecular weight excluding hydrogens is 336 g/mol. The molecule has 3 rings (SSSR count).